The van der Waals surface area contributed by atoms with Gasteiger partial charge in [0.15, 0.2) is 0 Å². The number of ether oxygens (including phenoxy) is 1. The summed E-state index contributed by atoms with van der Waals surface area (Å²) in [5.41, 5.74) is 2.36. The Kier molecular flexibility index (Phi) is 6.21. The predicted octanol–water partition coefficient (Wildman–Crippen LogP) is 6.05. The average molecular weight is 453 g/mol. The lowest BCUT2D eigenvalue weighted by Gasteiger charge is -2.36. The first-order valence-electron chi connectivity index (χ1n) is 10.1. The molecule has 1 aliphatic heterocycles. The molecule has 2 heterocycles. The number of benzene rings is 1. The van der Waals surface area contributed by atoms with Gasteiger partial charge in [-0.1, -0.05) is 35.6 Å². The average Bonchev–Trinajstić information content (AvgIpc) is 3.14. The van der Waals surface area contributed by atoms with E-state index in [4.69, 9.17) is 9.72 Å². The fourth-order valence-corrected chi connectivity index (χ4v) is 4.98. The van der Waals surface area contributed by atoms with Crippen LogP contribution in [0.15, 0.2) is 22.7 Å². The minimum atomic E-state index is -1.08. The van der Waals surface area contributed by atoms with Crippen molar-refractivity contribution in [1.82, 2.24) is 14.5 Å². The summed E-state index contributed by atoms with van der Waals surface area (Å²) in [7, 11) is -1.08. The molecule has 3 rings (SSSR count). The maximum absolute atomic E-state index is 6.15. The van der Waals surface area contributed by atoms with Gasteiger partial charge in [-0.25, -0.2) is 4.98 Å². The number of likely N-dealkylation sites (tertiary alicyclic amines) is 1. The molecule has 0 N–H and O–H groups in total. The molecule has 0 amide bonds. The third-order valence-electron chi connectivity index (χ3n) is 5.37. The van der Waals surface area contributed by atoms with E-state index in [-0.39, 0.29) is 5.54 Å². The number of aromatic nitrogens is 2. The van der Waals surface area contributed by atoms with Crippen molar-refractivity contribution in [2.45, 2.75) is 77.6 Å². The number of hydrogen-bond acceptors (Lipinski definition) is 3. The second-order valence-corrected chi connectivity index (χ2v) is 16.4. The molecule has 0 spiro atoms. The van der Waals surface area contributed by atoms with Crippen molar-refractivity contribution in [2.75, 3.05) is 13.2 Å². The highest BCUT2D eigenvalue weighted by Gasteiger charge is 2.36. The third-order valence-corrected chi connectivity index (χ3v) is 7.57. The Morgan fingerprint density at radius 1 is 1.26 bits per heavy atom. The quantitative estimate of drug-likeness (QED) is 0.395. The summed E-state index contributed by atoms with van der Waals surface area (Å²) in [6.45, 7) is 16.6. The van der Waals surface area contributed by atoms with Crippen LogP contribution >= 0.6 is 15.9 Å². The maximum Gasteiger partial charge on any atom is 0.129 e. The summed E-state index contributed by atoms with van der Waals surface area (Å²) in [5, 5.41) is 0. The number of hydrogen-bond donors (Lipinski definition) is 0. The van der Waals surface area contributed by atoms with E-state index in [2.05, 4.69) is 84.0 Å². The van der Waals surface area contributed by atoms with Crippen LogP contribution in [0.25, 0.3) is 11.0 Å². The Bertz CT molecular complexity index is 791. The van der Waals surface area contributed by atoms with Crippen LogP contribution in [0.5, 0.6) is 0 Å². The molecule has 0 saturated carbocycles. The van der Waals surface area contributed by atoms with E-state index in [9.17, 15) is 0 Å². The van der Waals surface area contributed by atoms with Crippen molar-refractivity contribution in [3.8, 4) is 0 Å². The lowest BCUT2D eigenvalue weighted by Crippen LogP contribution is -2.41. The van der Waals surface area contributed by atoms with Crippen LogP contribution in [-0.2, 0) is 11.5 Å². The van der Waals surface area contributed by atoms with Gasteiger partial charge >= 0.3 is 0 Å². The van der Waals surface area contributed by atoms with Gasteiger partial charge < -0.3 is 9.30 Å². The second kappa shape index (κ2) is 7.97. The zero-order valence-electron chi connectivity index (χ0n) is 17.7. The van der Waals surface area contributed by atoms with Gasteiger partial charge in [0.2, 0.25) is 0 Å². The van der Waals surface area contributed by atoms with Crippen molar-refractivity contribution in [3.63, 3.8) is 0 Å². The first-order chi connectivity index (χ1) is 12.6. The van der Waals surface area contributed by atoms with E-state index in [1.807, 2.05) is 0 Å². The van der Waals surface area contributed by atoms with Gasteiger partial charge in [-0.2, -0.15) is 0 Å². The summed E-state index contributed by atoms with van der Waals surface area (Å²) in [6, 6.07) is 7.90. The van der Waals surface area contributed by atoms with E-state index in [0.717, 1.165) is 40.9 Å². The fraction of sp³-hybridized carbons (Fsp3) is 0.667. The molecular formula is C21H34BrN3OSi. The summed E-state index contributed by atoms with van der Waals surface area (Å²) in [5.74, 6) is 1.16. The summed E-state index contributed by atoms with van der Waals surface area (Å²) in [6.07, 6.45) is 2.39. The first kappa shape index (κ1) is 21.0. The van der Waals surface area contributed by atoms with E-state index in [1.54, 1.807) is 0 Å². The maximum atomic E-state index is 6.15. The molecule has 0 bridgehead atoms. The smallest absolute Gasteiger partial charge is 0.129 e. The second-order valence-electron chi connectivity index (χ2n) is 9.90. The van der Waals surface area contributed by atoms with Crippen molar-refractivity contribution < 1.29 is 4.74 Å². The summed E-state index contributed by atoms with van der Waals surface area (Å²) >= 11 is 3.62. The van der Waals surface area contributed by atoms with E-state index < -0.39 is 8.07 Å². The van der Waals surface area contributed by atoms with E-state index >= 15 is 0 Å². The molecule has 0 radical (unpaired) electrons. The molecule has 4 nitrogen and oxygen atoms in total. The topological polar surface area (TPSA) is 30.3 Å². The summed E-state index contributed by atoms with van der Waals surface area (Å²) < 4.78 is 9.54. The van der Waals surface area contributed by atoms with Crippen molar-refractivity contribution in [3.05, 3.63) is 28.5 Å². The van der Waals surface area contributed by atoms with Gasteiger partial charge in [0, 0.05) is 24.7 Å². The predicted molar refractivity (Wildman–Crippen MR) is 120 cm³/mol. The molecule has 2 aromatic rings. The van der Waals surface area contributed by atoms with Gasteiger partial charge in [0.1, 0.15) is 12.6 Å². The molecule has 1 fully saturated rings. The number of rotatable bonds is 6. The molecule has 0 aliphatic carbocycles. The highest BCUT2D eigenvalue weighted by atomic mass is 79.9. The van der Waals surface area contributed by atoms with Crippen molar-refractivity contribution >= 4 is 35.0 Å². The zero-order valence-corrected chi connectivity index (χ0v) is 20.3. The fourth-order valence-electron chi connectivity index (χ4n) is 3.88. The third kappa shape index (κ3) is 5.02. The lowest BCUT2D eigenvalue weighted by atomic mass is 10.0. The molecular weight excluding hydrogens is 418 g/mol. The SMILES string of the molecule is CC(C)(C)N1CCC[C@H]1c1nc2ccc(Br)cc2n1COCC[Si](C)(C)C. The molecule has 1 atom stereocenters. The first-order valence-corrected chi connectivity index (χ1v) is 14.6. The van der Waals surface area contributed by atoms with Gasteiger partial charge in [0.25, 0.3) is 0 Å². The van der Waals surface area contributed by atoms with Crippen molar-refractivity contribution in [2.24, 2.45) is 0 Å². The standard InChI is InChI=1S/C21H34BrN3OSi/c1-21(2,3)25-11-7-8-18(25)20-23-17-10-9-16(22)14-19(17)24(20)15-26-12-13-27(4,5)6/h9-10,14,18H,7-8,11-13,15H2,1-6H3/t18-/m0/s1. The minimum Gasteiger partial charge on any atom is -0.361 e. The van der Waals surface area contributed by atoms with Gasteiger partial charge in [-0.3, -0.25) is 4.90 Å². The Hall–Kier alpha value is -0.693. The molecule has 6 heteroatoms. The Balaban J connectivity index is 1.92. The highest BCUT2D eigenvalue weighted by Crippen LogP contribution is 2.38. The molecule has 150 valence electrons. The lowest BCUT2D eigenvalue weighted by molar-refractivity contribution is 0.0752. The molecule has 27 heavy (non-hydrogen) atoms. The summed E-state index contributed by atoms with van der Waals surface area (Å²) in [4.78, 5) is 7.66. The van der Waals surface area contributed by atoms with E-state index in [1.165, 1.54) is 12.5 Å². The molecule has 0 unspecified atom stereocenters. The van der Waals surface area contributed by atoms with Crippen LogP contribution in [0, 0.1) is 0 Å². The number of nitrogens with zero attached hydrogens (tertiary/aromatic N) is 3. The Morgan fingerprint density at radius 2 is 2.00 bits per heavy atom. The molecule has 1 saturated heterocycles. The highest BCUT2D eigenvalue weighted by molar-refractivity contribution is 9.10. The Morgan fingerprint density at radius 3 is 2.67 bits per heavy atom. The number of fused-ring (bicyclic) bond motifs is 1. The monoisotopic (exact) mass is 451 g/mol. The normalized spacial score (nSPS) is 19.3. The van der Waals surface area contributed by atoms with Crippen LogP contribution in [-0.4, -0.2) is 41.2 Å². The molecule has 1 aromatic carbocycles. The van der Waals surface area contributed by atoms with Gasteiger partial charge in [-0.15, -0.1) is 0 Å². The minimum absolute atomic E-state index is 0.142. The van der Waals surface area contributed by atoms with Crippen LogP contribution < -0.4 is 0 Å². The Labute approximate surface area is 173 Å². The van der Waals surface area contributed by atoms with Gasteiger partial charge in [0.05, 0.1) is 17.1 Å². The molecule has 1 aromatic heterocycles. The van der Waals surface area contributed by atoms with Crippen molar-refractivity contribution in [1.29, 1.82) is 0 Å². The van der Waals surface area contributed by atoms with Crippen LogP contribution in [0.1, 0.15) is 45.5 Å². The van der Waals surface area contributed by atoms with Crippen LogP contribution in [0.3, 0.4) is 0 Å². The van der Waals surface area contributed by atoms with Gasteiger partial charge in [-0.05, 0) is 64.4 Å². The van der Waals surface area contributed by atoms with Crippen LogP contribution in [0.4, 0.5) is 0 Å². The largest absolute Gasteiger partial charge is 0.361 e. The van der Waals surface area contributed by atoms with E-state index in [0.29, 0.717) is 12.8 Å². The zero-order chi connectivity index (χ0) is 19.8. The molecule has 1 aliphatic rings. The number of halogens is 1. The van der Waals surface area contributed by atoms with Crippen LogP contribution in [0.2, 0.25) is 25.7 Å². The number of imidazole rings is 1.